The molecule has 2 N–H and O–H groups in total. The van der Waals surface area contributed by atoms with Gasteiger partial charge < -0.3 is 23.9 Å². The van der Waals surface area contributed by atoms with E-state index in [1.165, 1.54) is 0 Å². The number of quaternary nitrogens is 2. The second-order valence-corrected chi connectivity index (χ2v) is 7.51. The Hall–Kier alpha value is -1.18. The fraction of sp³-hybridized carbons (Fsp3) is 0.857. The third-order valence-electron chi connectivity index (χ3n) is 2.61. The van der Waals surface area contributed by atoms with Gasteiger partial charge in [-0.15, -0.1) is 0 Å². The van der Waals surface area contributed by atoms with Gasteiger partial charge in [-0.2, -0.15) is 0 Å². The normalized spacial score (nSPS) is 15.4. The molecule has 0 saturated heterocycles. The molecule has 0 fully saturated rings. The second kappa shape index (κ2) is 7.72. The lowest BCUT2D eigenvalue weighted by molar-refractivity contribution is -0.873. The molecule has 0 aliphatic carbocycles. The minimum absolute atomic E-state index is 0.122. The maximum absolute atomic E-state index is 11.8. The summed E-state index contributed by atoms with van der Waals surface area (Å²) in [6, 6.07) is 0. The summed E-state index contributed by atoms with van der Waals surface area (Å²) in [5.41, 5.74) is 0. The van der Waals surface area contributed by atoms with Crippen LogP contribution >= 0.6 is 0 Å². The van der Waals surface area contributed by atoms with Crippen LogP contribution in [0.2, 0.25) is 0 Å². The predicted octanol–water partition coefficient (Wildman–Crippen LogP) is -0.464. The van der Waals surface area contributed by atoms with Crippen LogP contribution in [0.3, 0.4) is 0 Å². The molecular weight excluding hydrogens is 276 g/mol. The largest absolute Gasteiger partial charge is 0.481 e. The summed E-state index contributed by atoms with van der Waals surface area (Å²) in [5, 5.41) is 18.7. The smallest absolute Gasteiger partial charge is 0.309 e. The van der Waals surface area contributed by atoms with Crippen LogP contribution in [0.1, 0.15) is 12.8 Å². The second-order valence-electron chi connectivity index (χ2n) is 7.51. The van der Waals surface area contributed by atoms with Crippen LogP contribution in [-0.4, -0.2) is 98.7 Å². The quantitative estimate of drug-likeness (QED) is 0.445. The van der Waals surface area contributed by atoms with E-state index in [0.29, 0.717) is 22.1 Å². The number of carboxylic acids is 1. The molecule has 124 valence electrons. The number of esters is 1. The number of aliphatic hydroxyl groups is 1. The SMILES string of the molecule is C[N+](C)(C)CC(O)CC(=O)OC(CC(=O)O)C[N+](C)(C)C. The highest BCUT2D eigenvalue weighted by Gasteiger charge is 2.26. The average Bonchev–Trinajstić information content (AvgIpc) is 2.07. The summed E-state index contributed by atoms with van der Waals surface area (Å²) in [6.45, 7) is 0.831. The maximum atomic E-state index is 11.8. The van der Waals surface area contributed by atoms with Gasteiger partial charge in [0.2, 0.25) is 0 Å². The van der Waals surface area contributed by atoms with Gasteiger partial charge in [-0.05, 0) is 0 Å². The summed E-state index contributed by atoms with van der Waals surface area (Å²) in [7, 11) is 11.4. The van der Waals surface area contributed by atoms with Gasteiger partial charge in [0.15, 0.2) is 6.10 Å². The number of hydrogen-bond acceptors (Lipinski definition) is 4. The first-order chi connectivity index (χ1) is 9.28. The predicted molar refractivity (Wildman–Crippen MR) is 78.6 cm³/mol. The summed E-state index contributed by atoms with van der Waals surface area (Å²) in [4.78, 5) is 22.7. The van der Waals surface area contributed by atoms with Crippen LogP contribution in [0.25, 0.3) is 0 Å². The van der Waals surface area contributed by atoms with Crippen LogP contribution < -0.4 is 0 Å². The Morgan fingerprint density at radius 2 is 1.43 bits per heavy atom. The van der Waals surface area contributed by atoms with Gasteiger partial charge in [0.25, 0.3) is 0 Å². The van der Waals surface area contributed by atoms with E-state index in [-0.39, 0.29) is 12.8 Å². The van der Waals surface area contributed by atoms with E-state index < -0.39 is 24.1 Å². The lowest BCUT2D eigenvalue weighted by Gasteiger charge is -2.29. The number of aliphatic hydroxyl groups excluding tert-OH is 1. The van der Waals surface area contributed by atoms with Crippen LogP contribution in [0, 0.1) is 0 Å². The number of carbonyl (C=O) groups is 2. The van der Waals surface area contributed by atoms with Gasteiger partial charge in [0.05, 0.1) is 55.1 Å². The molecule has 21 heavy (non-hydrogen) atoms. The van der Waals surface area contributed by atoms with Crippen LogP contribution in [0.4, 0.5) is 0 Å². The van der Waals surface area contributed by atoms with Crippen molar-refractivity contribution in [1.82, 2.24) is 0 Å². The van der Waals surface area contributed by atoms with E-state index >= 15 is 0 Å². The third kappa shape index (κ3) is 12.3. The van der Waals surface area contributed by atoms with Gasteiger partial charge >= 0.3 is 11.9 Å². The number of nitrogens with zero attached hydrogens (tertiary/aromatic N) is 2. The van der Waals surface area contributed by atoms with Crippen LogP contribution in [0.15, 0.2) is 0 Å². The molecule has 0 rings (SSSR count). The fourth-order valence-corrected chi connectivity index (χ4v) is 2.07. The number of hydrogen-bond donors (Lipinski definition) is 2. The number of rotatable bonds is 9. The number of aliphatic carboxylic acids is 1. The first-order valence-electron chi connectivity index (χ1n) is 6.99. The number of carbonyl (C=O) groups excluding carboxylic acids is 1. The summed E-state index contributed by atoms with van der Waals surface area (Å²) < 4.78 is 6.25. The van der Waals surface area contributed by atoms with E-state index in [1.54, 1.807) is 0 Å². The third-order valence-corrected chi connectivity index (χ3v) is 2.61. The van der Waals surface area contributed by atoms with E-state index in [4.69, 9.17) is 9.84 Å². The zero-order valence-electron chi connectivity index (χ0n) is 14.0. The van der Waals surface area contributed by atoms with E-state index in [1.807, 2.05) is 42.3 Å². The van der Waals surface area contributed by atoms with Crippen molar-refractivity contribution in [2.75, 3.05) is 55.4 Å². The summed E-state index contributed by atoms with van der Waals surface area (Å²) in [6.07, 6.45) is -1.84. The maximum Gasteiger partial charge on any atom is 0.309 e. The van der Waals surface area contributed by atoms with Crippen molar-refractivity contribution in [3.05, 3.63) is 0 Å². The van der Waals surface area contributed by atoms with Gasteiger partial charge in [-0.3, -0.25) is 9.59 Å². The number of carboxylic acid groups (broad SMARTS) is 1. The van der Waals surface area contributed by atoms with Crippen molar-refractivity contribution in [3.8, 4) is 0 Å². The summed E-state index contributed by atoms with van der Waals surface area (Å²) >= 11 is 0. The molecule has 0 amide bonds. The Labute approximate surface area is 126 Å². The monoisotopic (exact) mass is 306 g/mol. The molecule has 0 saturated carbocycles. The molecule has 0 spiro atoms. The van der Waals surface area contributed by atoms with Crippen molar-refractivity contribution >= 4 is 11.9 Å². The van der Waals surface area contributed by atoms with Gasteiger partial charge in [0, 0.05) is 0 Å². The Morgan fingerprint density at radius 3 is 1.81 bits per heavy atom. The zero-order valence-corrected chi connectivity index (χ0v) is 14.0. The first-order valence-corrected chi connectivity index (χ1v) is 6.99. The van der Waals surface area contributed by atoms with E-state index in [2.05, 4.69) is 0 Å². The molecule has 0 radical (unpaired) electrons. The van der Waals surface area contributed by atoms with Crippen LogP contribution in [0.5, 0.6) is 0 Å². The van der Waals surface area contributed by atoms with E-state index in [9.17, 15) is 14.7 Å². The average molecular weight is 306 g/mol. The van der Waals surface area contributed by atoms with Crippen molar-refractivity contribution in [1.29, 1.82) is 0 Å². The highest BCUT2D eigenvalue weighted by molar-refractivity contribution is 5.71. The number of likely N-dealkylation sites (N-methyl/N-ethyl adjacent to an activating group) is 2. The Balaban J connectivity index is 4.49. The minimum atomic E-state index is -1.01. The molecule has 2 unspecified atom stereocenters. The van der Waals surface area contributed by atoms with Crippen molar-refractivity contribution in [2.45, 2.75) is 25.0 Å². The van der Waals surface area contributed by atoms with Gasteiger partial charge in [0.1, 0.15) is 19.2 Å². The highest BCUT2D eigenvalue weighted by atomic mass is 16.5. The Bertz CT molecular complexity index is 357. The van der Waals surface area contributed by atoms with Gasteiger partial charge in [-0.1, -0.05) is 0 Å². The molecule has 0 aliphatic heterocycles. The van der Waals surface area contributed by atoms with Crippen molar-refractivity contribution < 1.29 is 33.5 Å². The molecular formula is C14H30N2O5+2. The number of ether oxygens (including phenoxy) is 1. The summed E-state index contributed by atoms with van der Waals surface area (Å²) in [5.74, 6) is -1.57. The Kier molecular flexibility index (Phi) is 7.29. The molecule has 0 aromatic rings. The molecule has 7 heteroatoms. The Morgan fingerprint density at radius 1 is 0.952 bits per heavy atom. The van der Waals surface area contributed by atoms with Crippen molar-refractivity contribution in [2.24, 2.45) is 0 Å². The molecule has 0 aromatic heterocycles. The molecule has 0 bridgehead atoms. The molecule has 7 nitrogen and oxygen atoms in total. The lowest BCUT2D eigenvalue weighted by atomic mass is 10.2. The van der Waals surface area contributed by atoms with E-state index in [0.717, 1.165) is 0 Å². The molecule has 2 atom stereocenters. The van der Waals surface area contributed by atoms with Gasteiger partial charge in [-0.25, -0.2) is 0 Å². The van der Waals surface area contributed by atoms with Crippen molar-refractivity contribution in [3.63, 3.8) is 0 Å². The molecule has 0 aliphatic rings. The molecule has 0 heterocycles. The fourth-order valence-electron chi connectivity index (χ4n) is 2.07. The first kappa shape index (κ1) is 19.8. The topological polar surface area (TPSA) is 83.8 Å². The molecule has 0 aromatic carbocycles. The lowest BCUT2D eigenvalue weighted by Crippen LogP contribution is -2.45. The zero-order chi connectivity index (χ0) is 16.8. The standard InChI is InChI=1S/C14H29N2O5/c1-15(2,3)9-11(17)7-14(20)21-12(8-13(18)19)10-16(4,5)6/h11-12,17H,7-10H2,1-6H3/q+1/p+1. The van der Waals surface area contributed by atoms with Crippen LogP contribution in [-0.2, 0) is 14.3 Å². The minimum Gasteiger partial charge on any atom is -0.481 e. The highest BCUT2D eigenvalue weighted by Crippen LogP contribution is 2.08.